The lowest BCUT2D eigenvalue weighted by Crippen LogP contribution is -2.39. The lowest BCUT2D eigenvalue weighted by atomic mass is 10.1. The molecule has 2 aromatic rings. The van der Waals surface area contributed by atoms with Crippen LogP contribution in [0.2, 0.25) is 0 Å². The number of aliphatic imine (C=N–C) groups is 1. The quantitative estimate of drug-likeness (QED) is 0.286. The van der Waals surface area contributed by atoms with Gasteiger partial charge in [0, 0.05) is 37.1 Å². The first-order chi connectivity index (χ1) is 13.1. The maximum Gasteiger partial charge on any atom is 0.191 e. The average molecular weight is 516 g/mol. The molecule has 28 heavy (non-hydrogen) atoms. The molecule has 0 radical (unpaired) electrons. The Bertz CT molecular complexity index is 691. The van der Waals surface area contributed by atoms with E-state index in [9.17, 15) is 0 Å². The number of hydrogen-bond donors (Lipinski definition) is 2. The Labute approximate surface area is 190 Å². The maximum atomic E-state index is 5.93. The van der Waals surface area contributed by atoms with E-state index in [2.05, 4.69) is 51.0 Å². The second kappa shape index (κ2) is 13.8. The molecule has 7 heteroatoms. The van der Waals surface area contributed by atoms with E-state index in [4.69, 9.17) is 4.74 Å². The van der Waals surface area contributed by atoms with Gasteiger partial charge in [0.25, 0.3) is 0 Å². The number of para-hydroxylation sites is 1. The van der Waals surface area contributed by atoms with Crippen molar-refractivity contribution in [3.05, 3.63) is 52.2 Å². The highest BCUT2D eigenvalue weighted by molar-refractivity contribution is 14.0. The third-order valence-electron chi connectivity index (χ3n) is 4.19. The minimum absolute atomic E-state index is 0. The fraction of sp³-hybridized carbons (Fsp3) is 0.476. The molecule has 2 N–H and O–H groups in total. The molecule has 5 nitrogen and oxygen atoms in total. The molecule has 1 unspecified atom stereocenters. The van der Waals surface area contributed by atoms with Crippen LogP contribution in [0.15, 0.2) is 46.8 Å². The molecule has 0 fully saturated rings. The van der Waals surface area contributed by atoms with Crippen LogP contribution in [0.4, 0.5) is 0 Å². The van der Waals surface area contributed by atoms with E-state index in [1.807, 2.05) is 43.6 Å². The van der Waals surface area contributed by atoms with Gasteiger partial charge >= 0.3 is 0 Å². The molecule has 1 heterocycles. The number of likely N-dealkylation sites (N-methyl/N-ethyl adjacent to an activating group) is 1. The van der Waals surface area contributed by atoms with Crippen molar-refractivity contribution in [1.82, 2.24) is 15.5 Å². The molecule has 0 bridgehead atoms. The fourth-order valence-electron chi connectivity index (χ4n) is 2.64. The van der Waals surface area contributed by atoms with E-state index in [-0.39, 0.29) is 24.0 Å². The van der Waals surface area contributed by atoms with Gasteiger partial charge in [0.15, 0.2) is 5.96 Å². The van der Waals surface area contributed by atoms with Crippen molar-refractivity contribution in [1.29, 1.82) is 0 Å². The number of ether oxygens (including phenoxy) is 1. The summed E-state index contributed by atoms with van der Waals surface area (Å²) in [6.07, 6.45) is 1.09. The monoisotopic (exact) mass is 516 g/mol. The van der Waals surface area contributed by atoms with Crippen molar-refractivity contribution in [2.75, 3.05) is 40.8 Å². The molecule has 1 aromatic heterocycles. The van der Waals surface area contributed by atoms with E-state index < -0.39 is 0 Å². The predicted octanol–water partition coefficient (Wildman–Crippen LogP) is 3.85. The second-order valence-corrected chi connectivity index (χ2v) is 7.99. The zero-order chi connectivity index (χ0) is 19.5. The molecule has 156 valence electrons. The Morgan fingerprint density at radius 1 is 1.18 bits per heavy atom. The van der Waals surface area contributed by atoms with Crippen molar-refractivity contribution in [2.45, 2.75) is 19.9 Å². The summed E-state index contributed by atoms with van der Waals surface area (Å²) in [5, 5.41) is 8.95. The Morgan fingerprint density at radius 2 is 1.96 bits per heavy atom. The molecule has 1 aromatic carbocycles. The molecule has 0 amide bonds. The highest BCUT2D eigenvalue weighted by Crippen LogP contribution is 2.17. The molecule has 2 rings (SSSR count). The summed E-state index contributed by atoms with van der Waals surface area (Å²) in [6, 6.07) is 12.5. The van der Waals surface area contributed by atoms with Gasteiger partial charge in [-0.1, -0.05) is 31.2 Å². The fourth-order valence-corrected chi connectivity index (χ4v) is 3.51. The van der Waals surface area contributed by atoms with E-state index in [1.165, 1.54) is 4.88 Å². The molecular formula is C21H33IN4OS. The van der Waals surface area contributed by atoms with E-state index in [0.29, 0.717) is 19.1 Å². The Balaban J connectivity index is 0.00000392. The van der Waals surface area contributed by atoms with Gasteiger partial charge < -0.3 is 20.3 Å². The van der Waals surface area contributed by atoms with Crippen molar-refractivity contribution < 1.29 is 4.74 Å². The van der Waals surface area contributed by atoms with Gasteiger partial charge in [-0.15, -0.1) is 35.3 Å². The average Bonchev–Trinajstić information content (AvgIpc) is 3.15. The van der Waals surface area contributed by atoms with Crippen LogP contribution in [0.1, 0.15) is 17.4 Å². The number of nitrogens with zero attached hydrogens (tertiary/aromatic N) is 2. The first kappa shape index (κ1) is 24.7. The zero-order valence-electron chi connectivity index (χ0n) is 17.3. The summed E-state index contributed by atoms with van der Waals surface area (Å²) in [5.41, 5.74) is 1.13. The van der Waals surface area contributed by atoms with Crippen LogP contribution in [0.25, 0.3) is 0 Å². The smallest absolute Gasteiger partial charge is 0.191 e. The maximum absolute atomic E-state index is 5.93. The third kappa shape index (κ3) is 9.25. The molecule has 0 saturated carbocycles. The van der Waals surface area contributed by atoms with Crippen molar-refractivity contribution in [3.8, 4) is 5.75 Å². The minimum Gasteiger partial charge on any atom is -0.492 e. The number of benzene rings is 1. The number of guanidine groups is 1. The van der Waals surface area contributed by atoms with Crippen molar-refractivity contribution >= 4 is 41.3 Å². The largest absolute Gasteiger partial charge is 0.492 e. The second-order valence-electron chi connectivity index (χ2n) is 6.95. The van der Waals surface area contributed by atoms with Gasteiger partial charge in [-0.2, -0.15) is 0 Å². The van der Waals surface area contributed by atoms with E-state index in [1.54, 1.807) is 7.05 Å². The molecule has 0 aliphatic rings. The summed E-state index contributed by atoms with van der Waals surface area (Å²) in [7, 11) is 5.90. The van der Waals surface area contributed by atoms with Gasteiger partial charge in [0.1, 0.15) is 12.4 Å². The molecule has 0 aliphatic heterocycles. The van der Waals surface area contributed by atoms with Crippen LogP contribution in [-0.2, 0) is 13.0 Å². The van der Waals surface area contributed by atoms with E-state index >= 15 is 0 Å². The molecule has 0 aliphatic carbocycles. The summed E-state index contributed by atoms with van der Waals surface area (Å²) in [4.78, 5) is 7.88. The lowest BCUT2D eigenvalue weighted by Gasteiger charge is -2.17. The predicted molar refractivity (Wildman–Crippen MR) is 131 cm³/mol. The Hall–Kier alpha value is -1.32. The number of nitrogens with one attached hydrogen (secondary N) is 2. The summed E-state index contributed by atoms with van der Waals surface area (Å²) in [6.45, 7) is 5.40. The zero-order valence-corrected chi connectivity index (χ0v) is 20.4. The van der Waals surface area contributed by atoms with Crippen LogP contribution >= 0.6 is 35.3 Å². The SMILES string of the molecule is CN=C(NCc1ccccc1OCCN(C)C)NCC(C)Cc1cccs1.I. The van der Waals surface area contributed by atoms with Crippen LogP contribution in [0, 0.1) is 5.92 Å². The number of hydrogen-bond acceptors (Lipinski definition) is 4. The molecule has 0 saturated heterocycles. The van der Waals surface area contributed by atoms with Crippen LogP contribution in [-0.4, -0.2) is 51.7 Å². The van der Waals surface area contributed by atoms with Gasteiger partial charge in [-0.05, 0) is 43.9 Å². The van der Waals surface area contributed by atoms with E-state index in [0.717, 1.165) is 36.8 Å². The normalized spacial score (nSPS) is 12.4. The van der Waals surface area contributed by atoms with Gasteiger partial charge in [-0.3, -0.25) is 4.99 Å². The lowest BCUT2D eigenvalue weighted by molar-refractivity contribution is 0.259. The standard InChI is InChI=1S/C21H32N4OS.HI/c1-17(14-19-9-7-13-27-19)15-23-21(22-2)24-16-18-8-5-6-10-20(18)26-12-11-25(3)4;/h5-10,13,17H,11-12,14-16H2,1-4H3,(H2,22,23,24);1H. The van der Waals surface area contributed by atoms with Gasteiger partial charge in [0.05, 0.1) is 0 Å². The van der Waals surface area contributed by atoms with Crippen LogP contribution in [0.3, 0.4) is 0 Å². The van der Waals surface area contributed by atoms with Crippen LogP contribution in [0.5, 0.6) is 5.75 Å². The highest BCUT2D eigenvalue weighted by atomic mass is 127. The van der Waals surface area contributed by atoms with Crippen molar-refractivity contribution in [3.63, 3.8) is 0 Å². The first-order valence-electron chi connectivity index (χ1n) is 9.40. The molecule has 1 atom stereocenters. The summed E-state index contributed by atoms with van der Waals surface area (Å²) in [5.74, 6) is 2.29. The summed E-state index contributed by atoms with van der Waals surface area (Å²) >= 11 is 1.82. The Morgan fingerprint density at radius 3 is 2.64 bits per heavy atom. The minimum atomic E-state index is 0. The number of rotatable bonds is 10. The topological polar surface area (TPSA) is 48.9 Å². The Kier molecular flexibility index (Phi) is 12.2. The third-order valence-corrected chi connectivity index (χ3v) is 5.08. The first-order valence-corrected chi connectivity index (χ1v) is 10.3. The van der Waals surface area contributed by atoms with Gasteiger partial charge in [-0.25, -0.2) is 0 Å². The molecule has 0 spiro atoms. The van der Waals surface area contributed by atoms with Crippen LogP contribution < -0.4 is 15.4 Å². The van der Waals surface area contributed by atoms with Gasteiger partial charge in [0.2, 0.25) is 0 Å². The molecular weight excluding hydrogens is 483 g/mol. The number of thiophene rings is 1. The summed E-state index contributed by atoms with van der Waals surface area (Å²) < 4.78 is 5.93. The number of halogens is 1. The highest BCUT2D eigenvalue weighted by Gasteiger charge is 2.08. The van der Waals surface area contributed by atoms with Crippen molar-refractivity contribution in [2.24, 2.45) is 10.9 Å².